The number of fused-ring (bicyclic) bond motifs is 1. The number of imidazole rings is 1. The highest BCUT2D eigenvalue weighted by Crippen LogP contribution is 2.28. The molecule has 0 radical (unpaired) electrons. The number of hydrogen-bond acceptors (Lipinski definition) is 5. The van der Waals surface area contributed by atoms with E-state index in [1.165, 1.54) is 6.33 Å². The molecule has 2 aromatic rings. The average molecular weight is 267 g/mol. The quantitative estimate of drug-likeness (QED) is 0.823. The zero-order chi connectivity index (χ0) is 12.7. The van der Waals surface area contributed by atoms with Crippen LogP contribution < -0.4 is 10.6 Å². The first-order chi connectivity index (χ1) is 8.66. The summed E-state index contributed by atoms with van der Waals surface area (Å²) >= 11 is 6.07. The van der Waals surface area contributed by atoms with Crippen molar-refractivity contribution in [3.8, 4) is 0 Å². The van der Waals surface area contributed by atoms with Crippen LogP contribution in [0.15, 0.2) is 6.33 Å². The van der Waals surface area contributed by atoms with E-state index in [9.17, 15) is 0 Å². The van der Waals surface area contributed by atoms with E-state index in [4.69, 9.17) is 11.6 Å². The van der Waals surface area contributed by atoms with Gasteiger partial charge in [-0.25, -0.2) is 15.0 Å². The lowest BCUT2D eigenvalue weighted by Gasteiger charge is -2.30. The number of aromatic nitrogens is 4. The maximum Gasteiger partial charge on any atom is 0.205 e. The van der Waals surface area contributed by atoms with Gasteiger partial charge in [0.05, 0.1) is 6.04 Å². The van der Waals surface area contributed by atoms with Gasteiger partial charge < -0.3 is 10.6 Å². The molecule has 3 heterocycles. The van der Waals surface area contributed by atoms with E-state index < -0.39 is 0 Å². The van der Waals surface area contributed by atoms with E-state index in [1.807, 2.05) is 0 Å². The van der Waals surface area contributed by atoms with Gasteiger partial charge in [-0.3, -0.25) is 4.57 Å². The van der Waals surface area contributed by atoms with E-state index in [1.54, 1.807) is 0 Å². The molecule has 0 aromatic carbocycles. The summed E-state index contributed by atoms with van der Waals surface area (Å²) in [4.78, 5) is 12.8. The van der Waals surface area contributed by atoms with Crippen molar-refractivity contribution in [2.75, 3.05) is 18.4 Å². The average Bonchev–Trinajstić information content (AvgIpc) is 2.56. The Balaban J connectivity index is 2.16. The summed E-state index contributed by atoms with van der Waals surface area (Å²) in [5, 5.41) is 6.99. The molecule has 0 bridgehead atoms. The molecule has 96 valence electrons. The second kappa shape index (κ2) is 4.37. The van der Waals surface area contributed by atoms with Crippen molar-refractivity contribution in [3.63, 3.8) is 0 Å². The summed E-state index contributed by atoms with van der Waals surface area (Å²) in [6.07, 6.45) is 1.48. The number of anilines is 1. The Kier molecular flexibility index (Phi) is 2.83. The van der Waals surface area contributed by atoms with Crippen LogP contribution in [-0.4, -0.2) is 38.7 Å². The predicted octanol–water partition coefficient (Wildman–Crippen LogP) is 1.44. The van der Waals surface area contributed by atoms with Crippen LogP contribution in [0.1, 0.15) is 19.9 Å². The summed E-state index contributed by atoms with van der Waals surface area (Å²) < 4.78 is 2.11. The molecule has 6 nitrogen and oxygen atoms in total. The largest absolute Gasteiger partial charge is 0.353 e. The van der Waals surface area contributed by atoms with Crippen molar-refractivity contribution in [2.24, 2.45) is 0 Å². The van der Waals surface area contributed by atoms with Gasteiger partial charge >= 0.3 is 0 Å². The third-order valence-electron chi connectivity index (χ3n) is 2.98. The first kappa shape index (κ1) is 11.7. The van der Waals surface area contributed by atoms with Gasteiger partial charge in [-0.15, -0.1) is 0 Å². The highest BCUT2D eigenvalue weighted by Gasteiger charge is 2.26. The molecule has 3 rings (SSSR count). The topological polar surface area (TPSA) is 67.7 Å². The molecule has 1 aliphatic rings. The molecule has 0 atom stereocenters. The molecule has 2 N–H and O–H groups in total. The van der Waals surface area contributed by atoms with E-state index in [0.717, 1.165) is 24.7 Å². The Morgan fingerprint density at radius 2 is 2.22 bits per heavy atom. The zero-order valence-corrected chi connectivity index (χ0v) is 11.1. The Hall–Kier alpha value is -1.40. The molecule has 0 spiro atoms. The maximum absolute atomic E-state index is 6.07. The summed E-state index contributed by atoms with van der Waals surface area (Å²) in [6, 6.07) is 0.683. The van der Waals surface area contributed by atoms with Gasteiger partial charge in [0.2, 0.25) is 5.95 Å². The molecule has 0 amide bonds. The Labute approximate surface area is 110 Å². The number of nitrogens with one attached hydrogen (secondary N) is 2. The molecule has 1 aliphatic heterocycles. The van der Waals surface area contributed by atoms with E-state index >= 15 is 0 Å². The van der Waals surface area contributed by atoms with Crippen LogP contribution in [0.5, 0.6) is 0 Å². The summed E-state index contributed by atoms with van der Waals surface area (Å²) in [5.41, 5.74) is 1.46. The van der Waals surface area contributed by atoms with Crippen molar-refractivity contribution < 1.29 is 0 Å². The van der Waals surface area contributed by atoms with Crippen LogP contribution in [0.4, 0.5) is 5.95 Å². The van der Waals surface area contributed by atoms with Crippen LogP contribution in [0.3, 0.4) is 0 Å². The Bertz CT molecular complexity index is 574. The molecule has 18 heavy (non-hydrogen) atoms. The lowest BCUT2D eigenvalue weighted by atomic mass is 10.2. The number of halogens is 1. The maximum atomic E-state index is 6.07. The molecule has 0 saturated carbocycles. The van der Waals surface area contributed by atoms with E-state index in [0.29, 0.717) is 22.8 Å². The van der Waals surface area contributed by atoms with Crippen molar-refractivity contribution in [1.29, 1.82) is 0 Å². The van der Waals surface area contributed by atoms with Crippen LogP contribution in [-0.2, 0) is 0 Å². The second-order valence-corrected chi connectivity index (χ2v) is 5.11. The van der Waals surface area contributed by atoms with Crippen LogP contribution in [0, 0.1) is 0 Å². The van der Waals surface area contributed by atoms with Gasteiger partial charge in [0.15, 0.2) is 10.8 Å². The monoisotopic (exact) mass is 266 g/mol. The number of rotatable bonds is 3. The molecular formula is C11H15ClN6. The zero-order valence-electron chi connectivity index (χ0n) is 10.3. The molecule has 0 unspecified atom stereocenters. The molecule has 1 saturated heterocycles. The van der Waals surface area contributed by atoms with E-state index in [2.05, 4.69) is 44.0 Å². The van der Waals surface area contributed by atoms with Gasteiger partial charge in [0.25, 0.3) is 0 Å². The summed E-state index contributed by atoms with van der Waals surface area (Å²) in [6.45, 7) is 6.02. The Morgan fingerprint density at radius 3 is 2.83 bits per heavy atom. The number of hydrogen-bond donors (Lipinski definition) is 2. The van der Waals surface area contributed by atoms with Crippen LogP contribution >= 0.6 is 11.6 Å². The highest BCUT2D eigenvalue weighted by atomic mass is 35.5. The minimum atomic E-state index is 0.306. The third kappa shape index (κ3) is 1.81. The fourth-order valence-electron chi connectivity index (χ4n) is 2.04. The van der Waals surface area contributed by atoms with Crippen LogP contribution in [0.2, 0.25) is 5.15 Å². The molecular weight excluding hydrogens is 252 g/mol. The number of nitrogens with zero attached hydrogens (tertiary/aromatic N) is 4. The lowest BCUT2D eigenvalue weighted by molar-refractivity contribution is 0.351. The standard InChI is InChI=1S/C11H15ClN6/c1-6(2)16-11-17-8-9(12)14-5-15-10(8)18(11)7-3-13-4-7/h5-7,13H,3-4H2,1-2H3,(H,16,17). The minimum absolute atomic E-state index is 0.306. The van der Waals surface area contributed by atoms with Crippen molar-refractivity contribution in [3.05, 3.63) is 11.5 Å². The van der Waals surface area contributed by atoms with Gasteiger partial charge in [-0.2, -0.15) is 0 Å². The van der Waals surface area contributed by atoms with Crippen molar-refractivity contribution in [2.45, 2.75) is 25.9 Å². The highest BCUT2D eigenvalue weighted by molar-refractivity contribution is 6.33. The van der Waals surface area contributed by atoms with Crippen molar-refractivity contribution in [1.82, 2.24) is 24.8 Å². The predicted molar refractivity (Wildman–Crippen MR) is 71.0 cm³/mol. The second-order valence-electron chi connectivity index (χ2n) is 4.75. The van der Waals surface area contributed by atoms with Crippen LogP contribution in [0.25, 0.3) is 11.2 Å². The fraction of sp³-hybridized carbons (Fsp3) is 0.545. The smallest absolute Gasteiger partial charge is 0.205 e. The van der Waals surface area contributed by atoms with Crippen molar-refractivity contribution >= 4 is 28.7 Å². The fourth-order valence-corrected chi connectivity index (χ4v) is 2.21. The van der Waals surface area contributed by atoms with Gasteiger partial charge in [0, 0.05) is 19.1 Å². The van der Waals surface area contributed by atoms with Gasteiger partial charge in [-0.1, -0.05) is 11.6 Å². The van der Waals surface area contributed by atoms with E-state index in [-0.39, 0.29) is 0 Å². The minimum Gasteiger partial charge on any atom is -0.353 e. The first-order valence-electron chi connectivity index (χ1n) is 6.02. The molecule has 7 heteroatoms. The molecule has 1 fully saturated rings. The molecule has 2 aromatic heterocycles. The SMILES string of the molecule is CC(C)Nc1nc2c(Cl)ncnc2n1C1CNC1. The normalized spacial score (nSPS) is 16.2. The third-order valence-corrected chi connectivity index (χ3v) is 3.25. The van der Waals surface area contributed by atoms with Gasteiger partial charge in [0.1, 0.15) is 11.8 Å². The first-order valence-corrected chi connectivity index (χ1v) is 6.40. The molecule has 0 aliphatic carbocycles. The Morgan fingerprint density at radius 1 is 1.44 bits per heavy atom. The summed E-state index contributed by atoms with van der Waals surface area (Å²) in [7, 11) is 0. The van der Waals surface area contributed by atoms with Gasteiger partial charge in [-0.05, 0) is 13.8 Å². The lowest BCUT2D eigenvalue weighted by Crippen LogP contribution is -2.43. The summed E-state index contributed by atoms with van der Waals surface area (Å²) in [5.74, 6) is 0.814.